The highest BCUT2D eigenvalue weighted by Gasteiger charge is 2.30. The van der Waals surface area contributed by atoms with E-state index in [1.807, 2.05) is 18.2 Å². The Morgan fingerprint density at radius 2 is 1.93 bits per heavy atom. The van der Waals surface area contributed by atoms with Gasteiger partial charge in [-0.3, -0.25) is 4.79 Å². The van der Waals surface area contributed by atoms with Crippen molar-refractivity contribution in [3.05, 3.63) is 65.7 Å². The molecular weight excluding hydrogens is 361 g/mol. The number of hydrogen-bond donors (Lipinski definition) is 1. The number of carbonyl (C=O) groups excluding carboxylic acids is 1. The Labute approximate surface area is 151 Å². The number of hydrazone groups is 1. The van der Waals surface area contributed by atoms with Crippen LogP contribution >= 0.6 is 0 Å². The Hall–Kier alpha value is -3.56. The topological polar surface area (TPSA) is 85.1 Å². The Bertz CT molecular complexity index is 953. The molecule has 1 aromatic heterocycles. The van der Waals surface area contributed by atoms with Crippen LogP contribution in [0, 0.1) is 0 Å². The Morgan fingerprint density at radius 1 is 1.15 bits per heavy atom. The summed E-state index contributed by atoms with van der Waals surface area (Å²) >= 11 is 0. The number of carbonyl (C=O) groups is 1. The zero-order chi connectivity index (χ0) is 19.3. The standard InChI is InChI=1S/C17H13F3N6O/c18-17(19,20)14-8-4-5-12(9-14)10-21-22-15(27)11-26-24-16(23-25-26)13-6-2-1-3-7-13/h1-10H,11H2,(H,22,27)/b21-10-. The molecule has 3 aromatic rings. The molecule has 3 rings (SSSR count). The smallest absolute Gasteiger partial charge is 0.271 e. The van der Waals surface area contributed by atoms with Crippen LogP contribution in [0.2, 0.25) is 0 Å². The van der Waals surface area contributed by atoms with Crippen molar-refractivity contribution in [2.75, 3.05) is 0 Å². The molecule has 1 heterocycles. The molecule has 0 saturated carbocycles. The zero-order valence-electron chi connectivity index (χ0n) is 13.8. The van der Waals surface area contributed by atoms with Gasteiger partial charge in [-0.1, -0.05) is 42.5 Å². The average Bonchev–Trinajstić information content (AvgIpc) is 3.10. The third kappa shape index (κ3) is 4.97. The number of hydrogen-bond acceptors (Lipinski definition) is 5. The van der Waals surface area contributed by atoms with Crippen molar-refractivity contribution in [1.82, 2.24) is 25.6 Å². The molecule has 0 aliphatic heterocycles. The van der Waals surface area contributed by atoms with Crippen LogP contribution in [0.15, 0.2) is 59.7 Å². The van der Waals surface area contributed by atoms with Gasteiger partial charge in [0, 0.05) is 5.56 Å². The van der Waals surface area contributed by atoms with Crippen molar-refractivity contribution in [3.8, 4) is 11.4 Å². The molecule has 0 aliphatic carbocycles. The molecule has 0 saturated heterocycles. The third-order valence-corrected chi connectivity index (χ3v) is 3.39. The summed E-state index contributed by atoms with van der Waals surface area (Å²) in [5.41, 5.74) is 2.37. The van der Waals surface area contributed by atoms with Crippen LogP contribution in [0.5, 0.6) is 0 Å². The lowest BCUT2D eigenvalue weighted by Crippen LogP contribution is -2.24. The van der Waals surface area contributed by atoms with Gasteiger partial charge in [0.25, 0.3) is 5.91 Å². The first kappa shape index (κ1) is 18.2. The Balaban J connectivity index is 1.57. The number of tetrazole rings is 1. The number of rotatable bonds is 5. The highest BCUT2D eigenvalue weighted by Crippen LogP contribution is 2.29. The maximum absolute atomic E-state index is 12.6. The molecule has 27 heavy (non-hydrogen) atoms. The van der Waals surface area contributed by atoms with Gasteiger partial charge in [-0.15, -0.1) is 10.2 Å². The lowest BCUT2D eigenvalue weighted by atomic mass is 10.1. The Kier molecular flexibility index (Phi) is 5.25. The van der Waals surface area contributed by atoms with Crippen LogP contribution in [0.4, 0.5) is 13.2 Å². The van der Waals surface area contributed by atoms with E-state index >= 15 is 0 Å². The van der Waals surface area contributed by atoms with Gasteiger partial charge in [-0.05, 0) is 22.9 Å². The highest BCUT2D eigenvalue weighted by atomic mass is 19.4. The summed E-state index contributed by atoms with van der Waals surface area (Å²) in [6.45, 7) is -0.236. The molecule has 0 unspecified atom stereocenters. The molecular formula is C17H13F3N6O. The number of aromatic nitrogens is 4. The Morgan fingerprint density at radius 3 is 2.67 bits per heavy atom. The minimum absolute atomic E-state index is 0.204. The van der Waals surface area contributed by atoms with E-state index in [1.54, 1.807) is 12.1 Å². The van der Waals surface area contributed by atoms with Gasteiger partial charge in [0.15, 0.2) is 0 Å². The van der Waals surface area contributed by atoms with Crippen molar-refractivity contribution in [3.63, 3.8) is 0 Å². The quantitative estimate of drug-likeness (QED) is 0.549. The molecule has 1 N–H and O–H groups in total. The molecule has 7 nitrogen and oxygen atoms in total. The fourth-order valence-electron chi connectivity index (χ4n) is 2.15. The van der Waals surface area contributed by atoms with Crippen LogP contribution in [-0.4, -0.2) is 32.3 Å². The summed E-state index contributed by atoms with van der Waals surface area (Å²) in [4.78, 5) is 12.9. The second-order valence-electron chi connectivity index (χ2n) is 5.43. The highest BCUT2D eigenvalue weighted by molar-refractivity contribution is 5.82. The SMILES string of the molecule is O=C(Cn1nnc(-c2ccccc2)n1)N/N=C\c1cccc(C(F)(F)F)c1. The first-order chi connectivity index (χ1) is 12.9. The summed E-state index contributed by atoms with van der Waals surface area (Å²) in [6, 6.07) is 13.7. The number of halogens is 3. The number of amides is 1. The van der Waals surface area contributed by atoms with Gasteiger partial charge in [0.2, 0.25) is 5.82 Å². The first-order valence-electron chi connectivity index (χ1n) is 7.74. The van der Waals surface area contributed by atoms with Crippen molar-refractivity contribution in [1.29, 1.82) is 0 Å². The summed E-state index contributed by atoms with van der Waals surface area (Å²) in [7, 11) is 0. The normalized spacial score (nSPS) is 11.7. The van der Waals surface area contributed by atoms with Gasteiger partial charge in [-0.2, -0.15) is 23.1 Å². The van der Waals surface area contributed by atoms with Crippen molar-refractivity contribution >= 4 is 12.1 Å². The van der Waals surface area contributed by atoms with E-state index in [2.05, 4.69) is 25.9 Å². The maximum atomic E-state index is 12.6. The molecule has 0 bridgehead atoms. The lowest BCUT2D eigenvalue weighted by molar-refractivity contribution is -0.137. The lowest BCUT2D eigenvalue weighted by Gasteiger charge is -2.06. The molecule has 0 aliphatic rings. The number of nitrogens with zero attached hydrogens (tertiary/aromatic N) is 5. The third-order valence-electron chi connectivity index (χ3n) is 3.39. The average molecular weight is 374 g/mol. The van der Waals surface area contributed by atoms with E-state index in [9.17, 15) is 18.0 Å². The predicted molar refractivity (Wildman–Crippen MR) is 90.4 cm³/mol. The molecule has 0 spiro atoms. The molecule has 2 aromatic carbocycles. The van der Waals surface area contributed by atoms with Crippen molar-refractivity contribution in [2.45, 2.75) is 12.7 Å². The minimum Gasteiger partial charge on any atom is -0.271 e. The van der Waals surface area contributed by atoms with Gasteiger partial charge < -0.3 is 0 Å². The number of nitrogens with one attached hydrogen (secondary N) is 1. The van der Waals surface area contributed by atoms with E-state index < -0.39 is 17.6 Å². The molecule has 0 radical (unpaired) electrons. The fourth-order valence-corrected chi connectivity index (χ4v) is 2.15. The molecule has 0 fully saturated rings. The molecule has 10 heteroatoms. The van der Waals surface area contributed by atoms with Crippen LogP contribution in [0.3, 0.4) is 0 Å². The summed E-state index contributed by atoms with van der Waals surface area (Å²) in [6.07, 6.45) is -3.32. The summed E-state index contributed by atoms with van der Waals surface area (Å²) < 4.78 is 37.9. The van der Waals surface area contributed by atoms with Crippen molar-refractivity contribution in [2.24, 2.45) is 5.10 Å². The van der Waals surface area contributed by atoms with Crippen LogP contribution in [0.1, 0.15) is 11.1 Å². The summed E-state index contributed by atoms with van der Waals surface area (Å²) in [5, 5.41) is 15.4. The largest absolute Gasteiger partial charge is 0.416 e. The van der Waals surface area contributed by atoms with E-state index in [1.165, 1.54) is 12.1 Å². The molecule has 1 amide bonds. The second kappa shape index (κ2) is 7.77. The summed E-state index contributed by atoms with van der Waals surface area (Å²) in [5.74, 6) is -0.175. The molecule has 138 valence electrons. The monoisotopic (exact) mass is 374 g/mol. The zero-order valence-corrected chi connectivity index (χ0v) is 13.8. The number of benzene rings is 2. The van der Waals surface area contributed by atoms with Crippen LogP contribution in [0.25, 0.3) is 11.4 Å². The van der Waals surface area contributed by atoms with E-state index in [0.29, 0.717) is 5.82 Å². The van der Waals surface area contributed by atoms with E-state index in [0.717, 1.165) is 28.7 Å². The predicted octanol–water partition coefficient (Wildman–Crippen LogP) is 2.51. The fraction of sp³-hybridized carbons (Fsp3) is 0.118. The van der Waals surface area contributed by atoms with E-state index in [4.69, 9.17) is 0 Å². The number of alkyl halides is 3. The van der Waals surface area contributed by atoms with Crippen molar-refractivity contribution < 1.29 is 18.0 Å². The first-order valence-corrected chi connectivity index (χ1v) is 7.74. The second-order valence-corrected chi connectivity index (χ2v) is 5.43. The van der Waals surface area contributed by atoms with E-state index in [-0.39, 0.29) is 12.1 Å². The minimum atomic E-state index is -4.44. The maximum Gasteiger partial charge on any atom is 0.416 e. The van der Waals surface area contributed by atoms with Gasteiger partial charge in [0.1, 0.15) is 6.54 Å². The molecule has 0 atom stereocenters. The van der Waals surface area contributed by atoms with Crippen LogP contribution < -0.4 is 5.43 Å². The van der Waals surface area contributed by atoms with Gasteiger partial charge in [0.05, 0.1) is 11.8 Å². The van der Waals surface area contributed by atoms with Crippen LogP contribution in [-0.2, 0) is 17.5 Å². The van der Waals surface area contributed by atoms with Gasteiger partial charge in [-0.25, -0.2) is 5.43 Å². The van der Waals surface area contributed by atoms with Gasteiger partial charge >= 0.3 is 6.18 Å².